The molecule has 0 aliphatic carbocycles. The molecule has 1 aliphatic rings. The van der Waals surface area contributed by atoms with Gasteiger partial charge in [-0.1, -0.05) is 35.1 Å². The topological polar surface area (TPSA) is 114 Å². The van der Waals surface area contributed by atoms with Crippen molar-refractivity contribution in [2.24, 2.45) is 5.92 Å². The number of anilines is 2. The number of methoxy groups -OCH3 is 1. The molecule has 0 atom stereocenters. The minimum Gasteiger partial charge on any atom is -0.497 e. The minimum atomic E-state index is -0.466. The highest BCUT2D eigenvalue weighted by molar-refractivity contribution is 7.15. The number of carbonyl (C=O) groups excluding carboxylic acids is 3. The molecule has 1 saturated heterocycles. The summed E-state index contributed by atoms with van der Waals surface area (Å²) in [5, 5.41) is 14.0. The van der Waals surface area contributed by atoms with Gasteiger partial charge in [0.2, 0.25) is 15.9 Å². The standard InChI is InChI=1S/C23H22ClN5O4S/c1-33-18-7-3-6-17(13-18)25-19(30)14-8-10-29(11-9-14)23(32)22-28-27-21(34-22)20(31)26-16-5-2-4-15(24)12-16/h2-7,12-14H,8-11H2,1H3,(H,25,30)(H,26,31). The fourth-order valence-corrected chi connectivity index (χ4v) is 4.47. The number of carbonyl (C=O) groups is 3. The van der Waals surface area contributed by atoms with Crippen LogP contribution in [0.2, 0.25) is 5.02 Å². The van der Waals surface area contributed by atoms with Crippen molar-refractivity contribution in [2.45, 2.75) is 12.8 Å². The Morgan fingerprint density at radius 3 is 2.38 bits per heavy atom. The fourth-order valence-electron chi connectivity index (χ4n) is 3.58. The predicted molar refractivity (Wildman–Crippen MR) is 130 cm³/mol. The number of hydrogen-bond acceptors (Lipinski definition) is 7. The van der Waals surface area contributed by atoms with Crippen molar-refractivity contribution in [3.63, 3.8) is 0 Å². The van der Waals surface area contributed by atoms with Gasteiger partial charge in [-0.05, 0) is 43.2 Å². The lowest BCUT2D eigenvalue weighted by Gasteiger charge is -2.30. The van der Waals surface area contributed by atoms with Crippen LogP contribution in [0.5, 0.6) is 5.75 Å². The van der Waals surface area contributed by atoms with Crippen LogP contribution >= 0.6 is 22.9 Å². The normalized spacial score (nSPS) is 13.9. The average molecular weight is 500 g/mol. The van der Waals surface area contributed by atoms with Gasteiger partial charge in [0.15, 0.2) is 0 Å². The molecule has 2 N–H and O–H groups in total. The van der Waals surface area contributed by atoms with E-state index in [1.807, 2.05) is 0 Å². The maximum atomic E-state index is 12.8. The van der Waals surface area contributed by atoms with Gasteiger partial charge in [-0.3, -0.25) is 14.4 Å². The Labute approximate surface area is 205 Å². The maximum Gasteiger partial charge on any atom is 0.286 e. The molecule has 176 valence electrons. The summed E-state index contributed by atoms with van der Waals surface area (Å²) in [6.45, 7) is 0.831. The number of halogens is 1. The molecule has 11 heteroatoms. The van der Waals surface area contributed by atoms with Crippen molar-refractivity contribution in [3.05, 3.63) is 63.6 Å². The number of piperidine rings is 1. The first kappa shape index (κ1) is 23.7. The second kappa shape index (κ2) is 10.6. The number of benzene rings is 2. The van der Waals surface area contributed by atoms with Gasteiger partial charge in [-0.2, -0.15) is 0 Å². The molecule has 2 aromatic carbocycles. The van der Waals surface area contributed by atoms with Gasteiger partial charge >= 0.3 is 0 Å². The van der Waals surface area contributed by atoms with Crippen LogP contribution in [0.3, 0.4) is 0 Å². The van der Waals surface area contributed by atoms with E-state index in [2.05, 4.69) is 20.8 Å². The summed E-state index contributed by atoms with van der Waals surface area (Å²) < 4.78 is 5.18. The zero-order chi connectivity index (χ0) is 24.1. The second-order valence-electron chi connectivity index (χ2n) is 7.66. The molecule has 9 nitrogen and oxygen atoms in total. The van der Waals surface area contributed by atoms with Crippen molar-refractivity contribution in [3.8, 4) is 5.75 Å². The molecule has 0 spiro atoms. The monoisotopic (exact) mass is 499 g/mol. The number of hydrogen-bond donors (Lipinski definition) is 2. The van der Waals surface area contributed by atoms with E-state index in [0.717, 1.165) is 11.3 Å². The molecule has 1 fully saturated rings. The number of rotatable bonds is 6. The quantitative estimate of drug-likeness (QED) is 0.531. The summed E-state index contributed by atoms with van der Waals surface area (Å²) >= 11 is 6.86. The Balaban J connectivity index is 1.30. The van der Waals surface area contributed by atoms with E-state index in [9.17, 15) is 14.4 Å². The second-order valence-corrected chi connectivity index (χ2v) is 9.08. The third kappa shape index (κ3) is 5.70. The van der Waals surface area contributed by atoms with Crippen molar-refractivity contribution in [2.75, 3.05) is 30.8 Å². The van der Waals surface area contributed by atoms with Crippen molar-refractivity contribution in [1.82, 2.24) is 15.1 Å². The van der Waals surface area contributed by atoms with E-state index in [1.54, 1.807) is 60.5 Å². The van der Waals surface area contributed by atoms with Crippen LogP contribution in [-0.2, 0) is 4.79 Å². The van der Waals surface area contributed by atoms with Crippen LogP contribution < -0.4 is 15.4 Å². The van der Waals surface area contributed by atoms with Gasteiger partial charge in [-0.25, -0.2) is 0 Å². The predicted octanol–water partition coefficient (Wildman–Crippen LogP) is 3.94. The summed E-state index contributed by atoms with van der Waals surface area (Å²) in [5.41, 5.74) is 1.19. The van der Waals surface area contributed by atoms with Crippen LogP contribution in [0.25, 0.3) is 0 Å². The number of nitrogens with zero attached hydrogens (tertiary/aromatic N) is 3. The lowest BCUT2D eigenvalue weighted by Crippen LogP contribution is -2.41. The third-order valence-electron chi connectivity index (χ3n) is 5.37. The number of amides is 3. The van der Waals surface area contributed by atoms with Crippen LogP contribution in [0.4, 0.5) is 11.4 Å². The molecule has 0 saturated carbocycles. The molecule has 0 radical (unpaired) electrons. The van der Waals surface area contributed by atoms with Gasteiger partial charge in [-0.15, -0.1) is 10.2 Å². The Morgan fingerprint density at radius 2 is 1.68 bits per heavy atom. The Morgan fingerprint density at radius 1 is 1.00 bits per heavy atom. The molecule has 3 amide bonds. The van der Waals surface area contributed by atoms with Crippen LogP contribution in [0, 0.1) is 5.92 Å². The zero-order valence-corrected chi connectivity index (χ0v) is 19.9. The summed E-state index contributed by atoms with van der Waals surface area (Å²) in [5.74, 6) is -0.395. The van der Waals surface area contributed by atoms with E-state index in [0.29, 0.717) is 48.1 Å². The number of likely N-dealkylation sites (tertiary alicyclic amines) is 1. The van der Waals surface area contributed by atoms with Crippen LogP contribution in [-0.4, -0.2) is 53.0 Å². The van der Waals surface area contributed by atoms with E-state index in [-0.39, 0.29) is 27.7 Å². The molecule has 1 aromatic heterocycles. The van der Waals surface area contributed by atoms with Crippen LogP contribution in [0.15, 0.2) is 48.5 Å². The van der Waals surface area contributed by atoms with E-state index in [4.69, 9.17) is 16.3 Å². The highest BCUT2D eigenvalue weighted by Gasteiger charge is 2.30. The van der Waals surface area contributed by atoms with Crippen molar-refractivity contribution < 1.29 is 19.1 Å². The van der Waals surface area contributed by atoms with Gasteiger partial charge in [0, 0.05) is 41.5 Å². The van der Waals surface area contributed by atoms with E-state index in [1.165, 1.54) is 0 Å². The SMILES string of the molecule is COc1cccc(NC(=O)C2CCN(C(=O)c3nnc(C(=O)Nc4cccc(Cl)c4)s3)CC2)c1. The lowest BCUT2D eigenvalue weighted by atomic mass is 9.95. The molecule has 2 heterocycles. The smallest absolute Gasteiger partial charge is 0.286 e. The molecular weight excluding hydrogens is 478 g/mol. The summed E-state index contributed by atoms with van der Waals surface area (Å²) in [4.78, 5) is 39.5. The molecule has 0 bridgehead atoms. The van der Waals surface area contributed by atoms with Crippen molar-refractivity contribution in [1.29, 1.82) is 0 Å². The van der Waals surface area contributed by atoms with Gasteiger partial charge in [0.05, 0.1) is 7.11 Å². The highest BCUT2D eigenvalue weighted by Crippen LogP contribution is 2.24. The number of aromatic nitrogens is 2. The van der Waals surface area contributed by atoms with Gasteiger partial charge in [0.25, 0.3) is 11.8 Å². The molecular formula is C23H22ClN5O4S. The number of nitrogens with one attached hydrogen (secondary N) is 2. The van der Waals surface area contributed by atoms with E-state index < -0.39 is 5.91 Å². The average Bonchev–Trinajstić information content (AvgIpc) is 3.34. The zero-order valence-electron chi connectivity index (χ0n) is 18.3. The molecule has 34 heavy (non-hydrogen) atoms. The summed E-state index contributed by atoms with van der Waals surface area (Å²) in [7, 11) is 1.57. The Bertz CT molecular complexity index is 1210. The largest absolute Gasteiger partial charge is 0.497 e. The third-order valence-corrected chi connectivity index (χ3v) is 6.52. The molecule has 0 unspecified atom stereocenters. The molecule has 1 aliphatic heterocycles. The fraction of sp³-hybridized carbons (Fsp3) is 0.261. The lowest BCUT2D eigenvalue weighted by molar-refractivity contribution is -0.121. The van der Waals surface area contributed by atoms with Crippen LogP contribution in [0.1, 0.15) is 32.4 Å². The van der Waals surface area contributed by atoms with Gasteiger partial charge in [0.1, 0.15) is 5.75 Å². The Hall–Kier alpha value is -3.50. The summed E-state index contributed by atoms with van der Waals surface area (Å²) in [6.07, 6.45) is 1.06. The Kier molecular flexibility index (Phi) is 7.39. The first-order valence-corrected chi connectivity index (χ1v) is 11.8. The minimum absolute atomic E-state index is 0.0795. The highest BCUT2D eigenvalue weighted by atomic mass is 35.5. The van der Waals surface area contributed by atoms with E-state index >= 15 is 0 Å². The van der Waals surface area contributed by atoms with Crippen molar-refractivity contribution >= 4 is 52.0 Å². The summed E-state index contributed by atoms with van der Waals surface area (Å²) in [6, 6.07) is 13.9. The first-order chi connectivity index (χ1) is 16.4. The first-order valence-electron chi connectivity index (χ1n) is 10.6. The van der Waals surface area contributed by atoms with Gasteiger partial charge < -0.3 is 20.3 Å². The maximum absolute atomic E-state index is 12.8. The molecule has 4 rings (SSSR count). The number of ether oxygens (including phenoxy) is 1. The molecule has 3 aromatic rings.